The molecule has 144 valence electrons. The Bertz CT molecular complexity index is 1140. The van der Waals surface area contributed by atoms with Gasteiger partial charge in [0.25, 0.3) is 0 Å². The molecule has 4 aromatic rings. The van der Waals surface area contributed by atoms with Crippen LogP contribution in [-0.4, -0.2) is 21.6 Å². The standard InChI is InChI=1S/C23H19N3O2S/c1-16-7-9-17(10-8-16)14-29-23-25-24-22(26(23)19-5-3-2-4-6-19)18-11-12-20-21(13-18)28-15-27-20/h2-13H,14-15H2,1H3. The highest BCUT2D eigenvalue weighted by Gasteiger charge is 2.20. The predicted molar refractivity (Wildman–Crippen MR) is 114 cm³/mol. The van der Waals surface area contributed by atoms with Crippen LogP contribution in [0, 0.1) is 6.92 Å². The monoisotopic (exact) mass is 401 g/mol. The predicted octanol–water partition coefficient (Wildman–Crippen LogP) is 5.26. The van der Waals surface area contributed by atoms with Gasteiger partial charge in [-0.3, -0.25) is 4.57 Å². The summed E-state index contributed by atoms with van der Waals surface area (Å²) in [5, 5.41) is 9.86. The lowest BCUT2D eigenvalue weighted by atomic mass is 10.2. The lowest BCUT2D eigenvalue weighted by molar-refractivity contribution is 0.174. The highest BCUT2D eigenvalue weighted by molar-refractivity contribution is 7.98. The average Bonchev–Trinajstić information content (AvgIpc) is 3.40. The second-order valence-electron chi connectivity index (χ2n) is 6.82. The van der Waals surface area contributed by atoms with Crippen molar-refractivity contribution in [3.05, 3.63) is 83.9 Å². The summed E-state index contributed by atoms with van der Waals surface area (Å²) in [5.41, 5.74) is 4.48. The Hall–Kier alpha value is -3.25. The number of thioether (sulfide) groups is 1. The Morgan fingerprint density at radius 2 is 1.69 bits per heavy atom. The summed E-state index contributed by atoms with van der Waals surface area (Å²) in [6.07, 6.45) is 0. The van der Waals surface area contributed by atoms with Gasteiger partial charge in [0.05, 0.1) is 0 Å². The number of ether oxygens (including phenoxy) is 2. The summed E-state index contributed by atoms with van der Waals surface area (Å²) in [5.74, 6) is 3.10. The van der Waals surface area contributed by atoms with Crippen LogP contribution in [0.2, 0.25) is 0 Å². The molecule has 0 unspecified atom stereocenters. The molecule has 2 heterocycles. The Balaban J connectivity index is 1.53. The maximum Gasteiger partial charge on any atom is 0.231 e. The first-order valence-electron chi connectivity index (χ1n) is 9.37. The normalized spacial score (nSPS) is 12.3. The second kappa shape index (κ2) is 7.64. The molecule has 0 N–H and O–H groups in total. The zero-order chi connectivity index (χ0) is 19.6. The van der Waals surface area contributed by atoms with Crippen LogP contribution in [0.1, 0.15) is 11.1 Å². The fourth-order valence-electron chi connectivity index (χ4n) is 3.23. The van der Waals surface area contributed by atoms with Gasteiger partial charge in [-0.15, -0.1) is 10.2 Å². The molecule has 3 aromatic carbocycles. The van der Waals surface area contributed by atoms with Gasteiger partial charge < -0.3 is 9.47 Å². The van der Waals surface area contributed by atoms with Crippen LogP contribution >= 0.6 is 11.8 Å². The number of aromatic nitrogens is 3. The number of aryl methyl sites for hydroxylation is 1. The van der Waals surface area contributed by atoms with Crippen LogP contribution in [0.4, 0.5) is 0 Å². The molecule has 0 bridgehead atoms. The van der Waals surface area contributed by atoms with Crippen LogP contribution in [0.15, 0.2) is 78.0 Å². The molecule has 0 fully saturated rings. The van der Waals surface area contributed by atoms with Crippen molar-refractivity contribution >= 4 is 11.8 Å². The largest absolute Gasteiger partial charge is 0.454 e. The van der Waals surface area contributed by atoms with E-state index in [0.717, 1.165) is 39.5 Å². The van der Waals surface area contributed by atoms with E-state index in [4.69, 9.17) is 9.47 Å². The van der Waals surface area contributed by atoms with E-state index in [1.54, 1.807) is 11.8 Å². The minimum absolute atomic E-state index is 0.252. The van der Waals surface area contributed by atoms with Gasteiger partial charge in [-0.05, 0) is 42.8 Å². The number of nitrogens with zero attached hydrogens (tertiary/aromatic N) is 3. The maximum absolute atomic E-state index is 5.54. The number of rotatable bonds is 5. The molecule has 6 heteroatoms. The van der Waals surface area contributed by atoms with E-state index in [0.29, 0.717) is 0 Å². The summed E-state index contributed by atoms with van der Waals surface area (Å²) in [6.45, 7) is 2.35. The fourth-order valence-corrected chi connectivity index (χ4v) is 4.14. The average molecular weight is 401 g/mol. The molecule has 0 radical (unpaired) electrons. The molecule has 0 saturated heterocycles. The molecule has 5 nitrogen and oxygen atoms in total. The summed E-state index contributed by atoms with van der Waals surface area (Å²) in [7, 11) is 0. The van der Waals surface area contributed by atoms with Gasteiger partial charge in [0, 0.05) is 17.0 Å². The molecular formula is C23H19N3O2S. The Labute approximate surface area is 173 Å². The van der Waals surface area contributed by atoms with Crippen molar-refractivity contribution < 1.29 is 9.47 Å². The van der Waals surface area contributed by atoms with Gasteiger partial charge in [-0.25, -0.2) is 0 Å². The minimum atomic E-state index is 0.252. The molecular weight excluding hydrogens is 382 g/mol. The Morgan fingerprint density at radius 1 is 0.897 bits per heavy atom. The highest BCUT2D eigenvalue weighted by atomic mass is 32.2. The number of hydrogen-bond donors (Lipinski definition) is 0. The van der Waals surface area contributed by atoms with E-state index in [-0.39, 0.29) is 6.79 Å². The molecule has 0 saturated carbocycles. The van der Waals surface area contributed by atoms with E-state index in [9.17, 15) is 0 Å². The van der Waals surface area contributed by atoms with E-state index >= 15 is 0 Å². The molecule has 0 spiro atoms. The smallest absolute Gasteiger partial charge is 0.231 e. The van der Waals surface area contributed by atoms with E-state index in [1.807, 2.05) is 36.4 Å². The van der Waals surface area contributed by atoms with Crippen molar-refractivity contribution in [3.63, 3.8) is 0 Å². The van der Waals surface area contributed by atoms with Crippen LogP contribution < -0.4 is 9.47 Å². The molecule has 0 amide bonds. The lowest BCUT2D eigenvalue weighted by Gasteiger charge is -2.11. The van der Waals surface area contributed by atoms with Crippen molar-refractivity contribution in [2.45, 2.75) is 17.8 Å². The van der Waals surface area contributed by atoms with Crippen LogP contribution in [-0.2, 0) is 5.75 Å². The third-order valence-electron chi connectivity index (χ3n) is 4.77. The van der Waals surface area contributed by atoms with Crippen molar-refractivity contribution in [3.8, 4) is 28.6 Å². The molecule has 1 aliphatic heterocycles. The third kappa shape index (κ3) is 3.59. The van der Waals surface area contributed by atoms with Crippen molar-refractivity contribution in [2.24, 2.45) is 0 Å². The van der Waals surface area contributed by atoms with Crippen molar-refractivity contribution in [1.29, 1.82) is 0 Å². The molecule has 1 aliphatic rings. The van der Waals surface area contributed by atoms with Gasteiger partial charge in [0.2, 0.25) is 6.79 Å². The van der Waals surface area contributed by atoms with Gasteiger partial charge in [0.1, 0.15) is 0 Å². The minimum Gasteiger partial charge on any atom is -0.454 e. The van der Waals surface area contributed by atoms with Gasteiger partial charge in [-0.2, -0.15) is 0 Å². The Kier molecular flexibility index (Phi) is 4.69. The third-order valence-corrected chi connectivity index (χ3v) is 5.77. The molecule has 0 aliphatic carbocycles. The first kappa shape index (κ1) is 17.8. The molecule has 5 rings (SSSR count). The summed E-state index contributed by atoms with van der Waals surface area (Å²) in [4.78, 5) is 0. The summed E-state index contributed by atoms with van der Waals surface area (Å²) in [6, 6.07) is 24.6. The first-order valence-corrected chi connectivity index (χ1v) is 10.4. The topological polar surface area (TPSA) is 49.2 Å². The number of fused-ring (bicyclic) bond motifs is 1. The zero-order valence-corrected chi connectivity index (χ0v) is 16.7. The summed E-state index contributed by atoms with van der Waals surface area (Å²) < 4.78 is 13.1. The second-order valence-corrected chi connectivity index (χ2v) is 7.76. The SMILES string of the molecule is Cc1ccc(CSc2nnc(-c3ccc4c(c3)OCO4)n2-c2ccccc2)cc1. The number of benzene rings is 3. The van der Waals surface area contributed by atoms with Gasteiger partial charge >= 0.3 is 0 Å². The molecule has 0 atom stereocenters. The molecule has 1 aromatic heterocycles. The fraction of sp³-hybridized carbons (Fsp3) is 0.130. The highest BCUT2D eigenvalue weighted by Crippen LogP contribution is 2.37. The maximum atomic E-state index is 5.54. The van der Waals surface area contributed by atoms with Gasteiger partial charge in [-0.1, -0.05) is 59.8 Å². The lowest BCUT2D eigenvalue weighted by Crippen LogP contribution is -1.99. The van der Waals surface area contributed by atoms with Crippen LogP contribution in [0.25, 0.3) is 17.1 Å². The summed E-state index contributed by atoms with van der Waals surface area (Å²) >= 11 is 1.68. The van der Waals surface area contributed by atoms with E-state index in [1.165, 1.54) is 11.1 Å². The quantitative estimate of drug-likeness (QED) is 0.427. The van der Waals surface area contributed by atoms with Crippen molar-refractivity contribution in [2.75, 3.05) is 6.79 Å². The first-order chi connectivity index (χ1) is 14.3. The van der Waals surface area contributed by atoms with E-state index in [2.05, 4.69) is 58.1 Å². The van der Waals surface area contributed by atoms with Crippen molar-refractivity contribution in [1.82, 2.24) is 14.8 Å². The molecule has 29 heavy (non-hydrogen) atoms. The van der Waals surface area contributed by atoms with Gasteiger partial charge in [0.15, 0.2) is 22.5 Å². The Morgan fingerprint density at radius 3 is 2.52 bits per heavy atom. The van der Waals surface area contributed by atoms with Crippen LogP contribution in [0.3, 0.4) is 0 Å². The number of hydrogen-bond acceptors (Lipinski definition) is 5. The van der Waals surface area contributed by atoms with E-state index < -0.39 is 0 Å². The number of para-hydroxylation sites is 1. The van der Waals surface area contributed by atoms with Crippen LogP contribution in [0.5, 0.6) is 11.5 Å². The zero-order valence-electron chi connectivity index (χ0n) is 15.9.